The summed E-state index contributed by atoms with van der Waals surface area (Å²) in [6, 6.07) is 19.0. The van der Waals surface area contributed by atoms with Gasteiger partial charge in [-0.3, -0.25) is 14.7 Å². The Morgan fingerprint density at radius 2 is 1.82 bits per heavy atom. The van der Waals surface area contributed by atoms with Gasteiger partial charge in [0, 0.05) is 41.1 Å². The lowest BCUT2D eigenvalue weighted by molar-refractivity contribution is 0.102. The normalized spacial score (nSPS) is 11.5. The van der Waals surface area contributed by atoms with Crippen molar-refractivity contribution in [2.75, 3.05) is 10.6 Å². The second kappa shape index (κ2) is 9.63. The summed E-state index contributed by atoms with van der Waals surface area (Å²) in [5.74, 6) is 0.0435. The van der Waals surface area contributed by atoms with Crippen LogP contribution in [0.5, 0.6) is 0 Å². The first kappa shape index (κ1) is 25.0. The van der Waals surface area contributed by atoms with Crippen molar-refractivity contribution in [1.29, 1.82) is 0 Å². The van der Waals surface area contributed by atoms with E-state index in [1.54, 1.807) is 19.4 Å². The largest absolute Gasteiger partial charge is 0.336 e. The maximum absolute atomic E-state index is 13.3. The SMILES string of the molecule is Cc1c(NC(=O)c2ccccc2C(C)(C)C)cccc1-c1cn(C)c(=O)c(Nc2ccc3[nH]ncc3c2)n1. The number of fused-ring (bicyclic) bond motifs is 1. The van der Waals surface area contributed by atoms with E-state index in [1.807, 2.05) is 67.6 Å². The number of nitrogens with one attached hydrogen (secondary N) is 3. The standard InChI is InChI=1S/C30H30N6O2/c1-18-21(10-8-12-24(18)34-28(37)22-9-6-7-11-23(22)30(2,3)4)26-17-36(5)29(38)27(33-26)32-20-13-14-25-19(15-20)16-31-35-25/h6-17H,1-5H3,(H,31,35)(H,32,33)(H,34,37). The van der Waals surface area contributed by atoms with Crippen LogP contribution in [0.25, 0.3) is 22.2 Å². The van der Waals surface area contributed by atoms with Crippen LogP contribution in [0.1, 0.15) is 42.3 Å². The van der Waals surface area contributed by atoms with E-state index in [0.717, 1.165) is 33.3 Å². The van der Waals surface area contributed by atoms with Gasteiger partial charge in [0.15, 0.2) is 5.82 Å². The van der Waals surface area contributed by atoms with Crippen molar-refractivity contribution in [3.05, 3.63) is 100 Å². The fraction of sp³-hybridized carbons (Fsp3) is 0.200. The van der Waals surface area contributed by atoms with E-state index in [9.17, 15) is 9.59 Å². The minimum Gasteiger partial charge on any atom is -0.336 e. The summed E-state index contributed by atoms with van der Waals surface area (Å²) in [4.78, 5) is 30.9. The fourth-order valence-corrected chi connectivity index (χ4v) is 4.55. The number of amides is 1. The molecule has 0 aliphatic carbocycles. The van der Waals surface area contributed by atoms with Crippen molar-refractivity contribution in [2.45, 2.75) is 33.1 Å². The van der Waals surface area contributed by atoms with Crippen molar-refractivity contribution in [3.63, 3.8) is 0 Å². The Morgan fingerprint density at radius 1 is 1.03 bits per heavy atom. The van der Waals surface area contributed by atoms with E-state index in [2.05, 4.69) is 46.6 Å². The van der Waals surface area contributed by atoms with Gasteiger partial charge in [-0.1, -0.05) is 51.1 Å². The van der Waals surface area contributed by atoms with Crippen LogP contribution in [0, 0.1) is 6.92 Å². The quantitative estimate of drug-likeness (QED) is 0.274. The number of rotatable bonds is 5. The Kier molecular flexibility index (Phi) is 6.32. The molecule has 0 aliphatic rings. The molecule has 5 aromatic rings. The average molecular weight is 507 g/mol. The predicted octanol–water partition coefficient (Wildman–Crippen LogP) is 5.93. The zero-order valence-corrected chi connectivity index (χ0v) is 22.1. The summed E-state index contributed by atoms with van der Waals surface area (Å²) in [6.45, 7) is 8.22. The van der Waals surface area contributed by atoms with E-state index in [1.165, 1.54) is 4.57 Å². The molecule has 0 saturated heterocycles. The highest BCUT2D eigenvalue weighted by atomic mass is 16.1. The molecule has 1 amide bonds. The Labute approximate surface area is 220 Å². The lowest BCUT2D eigenvalue weighted by Crippen LogP contribution is -2.22. The molecule has 0 spiro atoms. The van der Waals surface area contributed by atoms with Gasteiger partial charge in [0.05, 0.1) is 17.4 Å². The number of aromatic nitrogens is 4. The van der Waals surface area contributed by atoms with Crippen molar-refractivity contribution >= 4 is 34.0 Å². The first-order valence-corrected chi connectivity index (χ1v) is 12.4. The van der Waals surface area contributed by atoms with Gasteiger partial charge in [0.25, 0.3) is 11.5 Å². The predicted molar refractivity (Wildman–Crippen MR) is 152 cm³/mol. The molecule has 0 aliphatic heterocycles. The van der Waals surface area contributed by atoms with Crippen LogP contribution in [0.15, 0.2) is 77.9 Å². The third-order valence-electron chi connectivity index (χ3n) is 6.61. The summed E-state index contributed by atoms with van der Waals surface area (Å²) >= 11 is 0. The molecule has 3 aromatic carbocycles. The van der Waals surface area contributed by atoms with Crippen LogP contribution >= 0.6 is 0 Å². The van der Waals surface area contributed by atoms with E-state index >= 15 is 0 Å². The minimum absolute atomic E-state index is 0.166. The van der Waals surface area contributed by atoms with Crippen molar-refractivity contribution in [1.82, 2.24) is 19.7 Å². The average Bonchev–Trinajstić information content (AvgIpc) is 3.35. The first-order valence-electron chi connectivity index (χ1n) is 12.4. The van der Waals surface area contributed by atoms with Gasteiger partial charge in [0.1, 0.15) is 0 Å². The molecule has 8 nitrogen and oxygen atoms in total. The smallest absolute Gasteiger partial charge is 0.293 e. The number of anilines is 3. The summed E-state index contributed by atoms with van der Waals surface area (Å²) in [7, 11) is 1.70. The minimum atomic E-state index is -0.248. The number of nitrogens with zero attached hydrogens (tertiary/aromatic N) is 3. The highest BCUT2D eigenvalue weighted by molar-refractivity contribution is 6.06. The van der Waals surface area contributed by atoms with Crippen LogP contribution in [0.4, 0.5) is 17.2 Å². The highest BCUT2D eigenvalue weighted by Crippen LogP contribution is 2.30. The first-order chi connectivity index (χ1) is 18.1. The molecule has 0 unspecified atom stereocenters. The monoisotopic (exact) mass is 506 g/mol. The lowest BCUT2D eigenvalue weighted by atomic mass is 9.83. The molecule has 3 N–H and O–H groups in total. The van der Waals surface area contributed by atoms with Crippen molar-refractivity contribution in [3.8, 4) is 11.3 Å². The summed E-state index contributed by atoms with van der Waals surface area (Å²) in [5.41, 5.74) is 5.81. The molecule has 0 fully saturated rings. The van der Waals surface area contributed by atoms with Gasteiger partial charge in [-0.05, 0) is 53.8 Å². The van der Waals surface area contributed by atoms with Crippen LogP contribution in [0.2, 0.25) is 0 Å². The number of carbonyl (C=O) groups is 1. The van der Waals surface area contributed by atoms with Gasteiger partial charge in [-0.15, -0.1) is 0 Å². The summed E-state index contributed by atoms with van der Waals surface area (Å²) in [6.07, 6.45) is 3.43. The van der Waals surface area contributed by atoms with Gasteiger partial charge in [-0.2, -0.15) is 5.10 Å². The zero-order valence-electron chi connectivity index (χ0n) is 22.1. The summed E-state index contributed by atoms with van der Waals surface area (Å²) in [5, 5.41) is 14.1. The number of hydrogen-bond acceptors (Lipinski definition) is 5. The molecule has 5 rings (SSSR count). The highest BCUT2D eigenvalue weighted by Gasteiger charge is 2.22. The third-order valence-corrected chi connectivity index (χ3v) is 6.61. The van der Waals surface area contributed by atoms with Gasteiger partial charge in [-0.25, -0.2) is 4.98 Å². The van der Waals surface area contributed by atoms with Gasteiger partial charge >= 0.3 is 0 Å². The Bertz CT molecular complexity index is 1730. The molecule has 192 valence electrons. The molecule has 2 aromatic heterocycles. The number of benzene rings is 3. The van der Waals surface area contributed by atoms with Crippen LogP contribution < -0.4 is 16.2 Å². The number of hydrogen-bond donors (Lipinski definition) is 3. The Morgan fingerprint density at radius 3 is 2.61 bits per heavy atom. The maximum Gasteiger partial charge on any atom is 0.293 e. The van der Waals surface area contributed by atoms with E-state index in [0.29, 0.717) is 16.9 Å². The number of H-pyrrole nitrogens is 1. The third kappa shape index (κ3) is 4.80. The summed E-state index contributed by atoms with van der Waals surface area (Å²) < 4.78 is 1.51. The Hall–Kier alpha value is -4.72. The zero-order chi connectivity index (χ0) is 27.0. The molecule has 38 heavy (non-hydrogen) atoms. The van der Waals surface area contributed by atoms with E-state index in [-0.39, 0.29) is 22.7 Å². The number of aromatic amines is 1. The van der Waals surface area contributed by atoms with Gasteiger partial charge < -0.3 is 15.2 Å². The molecular weight excluding hydrogens is 476 g/mol. The second-order valence-corrected chi connectivity index (χ2v) is 10.4. The number of carbonyl (C=O) groups excluding carboxylic acids is 1. The van der Waals surface area contributed by atoms with Crippen LogP contribution in [-0.4, -0.2) is 25.7 Å². The van der Waals surface area contributed by atoms with Crippen LogP contribution in [0.3, 0.4) is 0 Å². The lowest BCUT2D eigenvalue weighted by Gasteiger charge is -2.22. The van der Waals surface area contributed by atoms with E-state index in [4.69, 9.17) is 0 Å². The topological polar surface area (TPSA) is 105 Å². The van der Waals surface area contributed by atoms with E-state index < -0.39 is 0 Å². The molecule has 8 heteroatoms. The molecule has 0 atom stereocenters. The second-order valence-electron chi connectivity index (χ2n) is 10.4. The maximum atomic E-state index is 13.3. The molecule has 0 bridgehead atoms. The molecule has 0 radical (unpaired) electrons. The van der Waals surface area contributed by atoms with Gasteiger partial charge in [0.2, 0.25) is 0 Å². The van der Waals surface area contributed by atoms with Crippen molar-refractivity contribution < 1.29 is 4.79 Å². The molecule has 0 saturated carbocycles. The Balaban J connectivity index is 1.48. The van der Waals surface area contributed by atoms with Crippen LogP contribution in [-0.2, 0) is 12.5 Å². The number of aryl methyl sites for hydroxylation is 1. The fourth-order valence-electron chi connectivity index (χ4n) is 4.55. The molecule has 2 heterocycles. The van der Waals surface area contributed by atoms with Crippen molar-refractivity contribution in [2.24, 2.45) is 7.05 Å². The molecular formula is C30H30N6O2.